The van der Waals surface area contributed by atoms with Crippen LogP contribution in [-0.4, -0.2) is 5.91 Å². The van der Waals surface area contributed by atoms with Gasteiger partial charge in [0.15, 0.2) is 0 Å². The Kier molecular flexibility index (Phi) is 5.41. The minimum atomic E-state index is 0.114. The Morgan fingerprint density at radius 3 is 2.04 bits per heavy atom. The quantitative estimate of drug-likeness (QED) is 0.614. The number of aryl methyl sites for hydroxylation is 1. The fourth-order valence-electron chi connectivity index (χ4n) is 2.74. The van der Waals surface area contributed by atoms with Crippen LogP contribution < -0.4 is 4.90 Å². The van der Waals surface area contributed by atoms with Crippen LogP contribution in [0.5, 0.6) is 0 Å². The maximum atomic E-state index is 12.9. The first kappa shape index (κ1) is 16.0. The smallest absolute Gasteiger partial charge is 0.231 e. The third-order valence-electron chi connectivity index (χ3n) is 3.92. The summed E-state index contributed by atoms with van der Waals surface area (Å²) in [6.07, 6.45) is 2.27. The fourth-order valence-corrected chi connectivity index (χ4v) is 2.74. The summed E-state index contributed by atoms with van der Waals surface area (Å²) in [6, 6.07) is 30.6. The molecule has 119 valence electrons. The standard InChI is InChI=1S/C22H20NO/c24-22(18-10-13-19-11-4-1-5-12-19)23(20-14-6-2-7-15-20)21-16-8-3-9-17-21/h1-2,4-9,11-12,14-17H,10,13,18H2. The number of carbonyl (C=O) groups excluding carboxylic acids is 1. The Hall–Kier alpha value is -2.87. The summed E-state index contributed by atoms with van der Waals surface area (Å²) in [5.74, 6) is 0.114. The first-order valence-electron chi connectivity index (χ1n) is 8.22. The molecule has 0 fully saturated rings. The molecule has 0 heterocycles. The van der Waals surface area contributed by atoms with E-state index < -0.39 is 0 Å². The third kappa shape index (κ3) is 4.11. The van der Waals surface area contributed by atoms with Crippen LogP contribution in [0.1, 0.15) is 18.4 Å². The number of amides is 1. The van der Waals surface area contributed by atoms with E-state index in [-0.39, 0.29) is 5.91 Å². The van der Waals surface area contributed by atoms with E-state index in [4.69, 9.17) is 0 Å². The molecule has 3 aromatic rings. The predicted octanol–water partition coefficient (Wildman–Crippen LogP) is 5.17. The van der Waals surface area contributed by atoms with Crippen LogP contribution in [-0.2, 0) is 11.2 Å². The van der Waals surface area contributed by atoms with Gasteiger partial charge >= 0.3 is 0 Å². The van der Waals surface area contributed by atoms with E-state index in [1.54, 1.807) is 4.90 Å². The second-order valence-corrected chi connectivity index (χ2v) is 5.66. The van der Waals surface area contributed by atoms with Crippen LogP contribution in [0.2, 0.25) is 0 Å². The molecule has 0 aliphatic heterocycles. The molecule has 0 N–H and O–H groups in total. The molecule has 3 rings (SSSR count). The zero-order chi connectivity index (χ0) is 16.6. The Balaban J connectivity index is 1.72. The highest BCUT2D eigenvalue weighted by Crippen LogP contribution is 2.26. The number of carbonyl (C=O) groups is 1. The van der Waals surface area contributed by atoms with Crippen molar-refractivity contribution in [3.8, 4) is 0 Å². The number of hydrogen-bond donors (Lipinski definition) is 0. The Morgan fingerprint density at radius 2 is 1.38 bits per heavy atom. The summed E-state index contributed by atoms with van der Waals surface area (Å²) in [5.41, 5.74) is 3.05. The van der Waals surface area contributed by atoms with Gasteiger partial charge in [0.2, 0.25) is 5.91 Å². The normalized spacial score (nSPS) is 10.3. The van der Waals surface area contributed by atoms with E-state index in [1.165, 1.54) is 5.56 Å². The highest BCUT2D eigenvalue weighted by molar-refractivity contribution is 6.00. The van der Waals surface area contributed by atoms with Gasteiger partial charge in [-0.15, -0.1) is 0 Å². The molecule has 0 unspecified atom stereocenters. The SMILES string of the molecule is O=C(CCCc1ccccc1)N(c1cc[c]cc1)c1ccccc1. The minimum Gasteiger partial charge on any atom is -0.281 e. The topological polar surface area (TPSA) is 20.3 Å². The summed E-state index contributed by atoms with van der Waals surface area (Å²) in [7, 11) is 0. The first-order valence-corrected chi connectivity index (χ1v) is 8.22. The first-order chi connectivity index (χ1) is 11.8. The minimum absolute atomic E-state index is 0.114. The van der Waals surface area contributed by atoms with Crippen molar-refractivity contribution in [3.63, 3.8) is 0 Å². The number of anilines is 2. The van der Waals surface area contributed by atoms with Crippen molar-refractivity contribution >= 4 is 17.3 Å². The van der Waals surface area contributed by atoms with E-state index in [0.717, 1.165) is 24.2 Å². The van der Waals surface area contributed by atoms with Crippen molar-refractivity contribution in [1.29, 1.82) is 0 Å². The molecule has 3 aromatic carbocycles. The second kappa shape index (κ2) is 8.11. The van der Waals surface area contributed by atoms with Crippen LogP contribution >= 0.6 is 0 Å². The van der Waals surface area contributed by atoms with E-state index in [2.05, 4.69) is 18.2 Å². The molecular weight excluding hydrogens is 294 g/mol. The fraction of sp³-hybridized carbons (Fsp3) is 0.136. The van der Waals surface area contributed by atoms with Crippen LogP contribution in [0.25, 0.3) is 0 Å². The van der Waals surface area contributed by atoms with Gasteiger partial charge in [-0.2, -0.15) is 0 Å². The number of nitrogens with zero attached hydrogens (tertiary/aromatic N) is 1. The lowest BCUT2D eigenvalue weighted by molar-refractivity contribution is -0.118. The van der Waals surface area contributed by atoms with Gasteiger partial charge in [-0.25, -0.2) is 0 Å². The van der Waals surface area contributed by atoms with Gasteiger partial charge in [0.1, 0.15) is 0 Å². The summed E-state index contributed by atoms with van der Waals surface area (Å²) >= 11 is 0. The van der Waals surface area contributed by atoms with Gasteiger partial charge in [-0.3, -0.25) is 9.69 Å². The molecule has 2 heteroatoms. The molecule has 0 spiro atoms. The van der Waals surface area contributed by atoms with Crippen LogP contribution in [0.15, 0.2) is 84.9 Å². The molecule has 0 aliphatic rings. The predicted molar refractivity (Wildman–Crippen MR) is 98.2 cm³/mol. The molecular formula is C22H20NO. The highest BCUT2D eigenvalue weighted by atomic mass is 16.2. The zero-order valence-electron chi connectivity index (χ0n) is 13.6. The number of rotatable bonds is 6. The van der Waals surface area contributed by atoms with Crippen molar-refractivity contribution < 1.29 is 4.79 Å². The molecule has 0 saturated heterocycles. The molecule has 24 heavy (non-hydrogen) atoms. The van der Waals surface area contributed by atoms with Crippen molar-refractivity contribution in [2.45, 2.75) is 19.3 Å². The average molecular weight is 314 g/mol. The lowest BCUT2D eigenvalue weighted by atomic mass is 10.1. The molecule has 1 amide bonds. The number of benzene rings is 3. The van der Waals surface area contributed by atoms with Crippen molar-refractivity contribution in [2.24, 2.45) is 0 Å². The lowest BCUT2D eigenvalue weighted by Gasteiger charge is -2.23. The Bertz CT molecular complexity index is 714. The molecule has 0 saturated carbocycles. The monoisotopic (exact) mass is 314 g/mol. The maximum absolute atomic E-state index is 12.9. The second-order valence-electron chi connectivity index (χ2n) is 5.66. The van der Waals surface area contributed by atoms with Crippen LogP contribution in [0.4, 0.5) is 11.4 Å². The maximum Gasteiger partial charge on any atom is 0.231 e. The summed E-state index contributed by atoms with van der Waals surface area (Å²) < 4.78 is 0. The van der Waals surface area contributed by atoms with Crippen LogP contribution in [0.3, 0.4) is 0 Å². The lowest BCUT2D eigenvalue weighted by Crippen LogP contribution is -2.25. The van der Waals surface area contributed by atoms with E-state index in [9.17, 15) is 4.79 Å². The summed E-state index contributed by atoms with van der Waals surface area (Å²) in [5, 5.41) is 0. The summed E-state index contributed by atoms with van der Waals surface area (Å²) in [4.78, 5) is 14.6. The molecule has 0 bridgehead atoms. The molecule has 0 aliphatic carbocycles. The van der Waals surface area contributed by atoms with Gasteiger partial charge in [0.25, 0.3) is 0 Å². The van der Waals surface area contributed by atoms with Crippen molar-refractivity contribution in [2.75, 3.05) is 4.90 Å². The van der Waals surface area contributed by atoms with Crippen molar-refractivity contribution in [3.05, 3.63) is 96.6 Å². The Morgan fingerprint density at radius 1 is 0.792 bits per heavy atom. The van der Waals surface area contributed by atoms with Gasteiger partial charge in [-0.1, -0.05) is 60.7 Å². The molecule has 1 radical (unpaired) electrons. The van der Waals surface area contributed by atoms with Crippen molar-refractivity contribution in [1.82, 2.24) is 0 Å². The number of para-hydroxylation sites is 1. The zero-order valence-corrected chi connectivity index (χ0v) is 13.6. The Labute approximate surface area is 143 Å². The third-order valence-corrected chi connectivity index (χ3v) is 3.92. The van der Waals surface area contributed by atoms with E-state index >= 15 is 0 Å². The highest BCUT2D eigenvalue weighted by Gasteiger charge is 2.17. The van der Waals surface area contributed by atoms with Gasteiger partial charge < -0.3 is 0 Å². The largest absolute Gasteiger partial charge is 0.281 e. The van der Waals surface area contributed by atoms with Gasteiger partial charge in [0.05, 0.1) is 0 Å². The van der Waals surface area contributed by atoms with Gasteiger partial charge in [0, 0.05) is 17.8 Å². The van der Waals surface area contributed by atoms with E-state index in [0.29, 0.717) is 6.42 Å². The van der Waals surface area contributed by atoms with E-state index in [1.807, 2.05) is 72.8 Å². The summed E-state index contributed by atoms with van der Waals surface area (Å²) in [6.45, 7) is 0. The number of hydrogen-bond acceptors (Lipinski definition) is 1. The molecule has 2 nitrogen and oxygen atoms in total. The average Bonchev–Trinajstić information content (AvgIpc) is 2.65. The van der Waals surface area contributed by atoms with Crippen LogP contribution in [0, 0.1) is 6.07 Å². The molecule has 0 atom stereocenters. The van der Waals surface area contributed by atoms with Gasteiger partial charge in [-0.05, 0) is 48.7 Å². The molecule has 0 aromatic heterocycles.